The third kappa shape index (κ3) is 4.02. The van der Waals surface area contributed by atoms with Gasteiger partial charge in [-0.2, -0.15) is 0 Å². The predicted octanol–water partition coefficient (Wildman–Crippen LogP) is 5.78. The van der Waals surface area contributed by atoms with Gasteiger partial charge in [0.1, 0.15) is 5.69 Å². The lowest BCUT2D eigenvalue weighted by molar-refractivity contribution is 0.0693. The molecule has 0 atom stereocenters. The summed E-state index contributed by atoms with van der Waals surface area (Å²) in [6.45, 7) is 4.00. The maximum Gasteiger partial charge on any atom is 0.336 e. The number of nitrogens with zero attached hydrogens (tertiary/aromatic N) is 1. The van der Waals surface area contributed by atoms with Crippen LogP contribution in [0.1, 0.15) is 37.4 Å². The van der Waals surface area contributed by atoms with Crippen molar-refractivity contribution in [3.8, 4) is 0 Å². The zero-order valence-corrected chi connectivity index (χ0v) is 16.1. The van der Waals surface area contributed by atoms with E-state index in [1.54, 1.807) is 24.3 Å². The van der Waals surface area contributed by atoms with Gasteiger partial charge in [0, 0.05) is 20.9 Å². The van der Waals surface area contributed by atoms with Crippen molar-refractivity contribution < 1.29 is 14.7 Å². The molecule has 0 radical (unpaired) electrons. The second-order valence-electron chi connectivity index (χ2n) is 6.32. The van der Waals surface area contributed by atoms with Crippen molar-refractivity contribution in [2.75, 3.05) is 0 Å². The van der Waals surface area contributed by atoms with Crippen LogP contribution in [0.25, 0.3) is 0 Å². The Kier molecular flexibility index (Phi) is 5.70. The summed E-state index contributed by atoms with van der Waals surface area (Å²) in [5, 5.41) is 12.4. The van der Waals surface area contributed by atoms with Crippen molar-refractivity contribution in [2.45, 2.75) is 23.6 Å². The normalized spacial score (nSPS) is 10.5. The number of aryl methyl sites for hydroxylation is 2. The number of carboxylic acids is 1. The summed E-state index contributed by atoms with van der Waals surface area (Å²) in [4.78, 5) is 37.2. The van der Waals surface area contributed by atoms with E-state index in [0.29, 0.717) is 4.90 Å². The van der Waals surface area contributed by atoms with Crippen LogP contribution < -0.4 is 0 Å². The molecule has 0 aliphatic carbocycles. The number of hydrogen-bond donors (Lipinski definition) is 1. The maximum absolute atomic E-state index is 12.8. The molecule has 0 fully saturated rings. The van der Waals surface area contributed by atoms with Crippen LogP contribution in [0.5, 0.6) is 0 Å². The van der Waals surface area contributed by atoms with Crippen LogP contribution in [0.3, 0.4) is 0 Å². The molecule has 0 amide bonds. The van der Waals surface area contributed by atoms with Crippen molar-refractivity contribution in [3.63, 3.8) is 0 Å². The molecule has 3 rings (SSSR count). The fourth-order valence-corrected chi connectivity index (χ4v) is 3.80. The van der Waals surface area contributed by atoms with Crippen molar-refractivity contribution in [3.05, 3.63) is 93.4 Å². The zero-order chi connectivity index (χ0) is 20.3. The average molecular weight is 391 g/mol. The molecule has 140 valence electrons. The lowest BCUT2D eigenvalue weighted by Crippen LogP contribution is -2.09. The number of hydrogen-bond acceptors (Lipinski definition) is 5. The highest BCUT2D eigenvalue weighted by Crippen LogP contribution is 2.37. The molecule has 0 saturated heterocycles. The van der Waals surface area contributed by atoms with Gasteiger partial charge in [0.2, 0.25) is 0 Å². The molecule has 3 aromatic carbocycles. The molecule has 3 aromatic rings. The number of carboxylic acid groups (broad SMARTS) is 1. The topological polar surface area (TPSA) is 83.8 Å². The molecular weight excluding hydrogens is 374 g/mol. The van der Waals surface area contributed by atoms with E-state index >= 15 is 0 Å². The van der Waals surface area contributed by atoms with Crippen molar-refractivity contribution in [2.24, 2.45) is 5.18 Å². The quantitative estimate of drug-likeness (QED) is 0.425. The number of aromatic carboxylic acids is 1. The van der Waals surface area contributed by atoms with Gasteiger partial charge in [-0.1, -0.05) is 47.7 Å². The van der Waals surface area contributed by atoms with E-state index in [4.69, 9.17) is 0 Å². The Morgan fingerprint density at radius 2 is 1.57 bits per heavy atom. The number of nitroso groups, excluding NO2 is 1. The van der Waals surface area contributed by atoms with E-state index in [2.05, 4.69) is 11.2 Å². The molecule has 0 heterocycles. The van der Waals surface area contributed by atoms with Crippen LogP contribution in [0.4, 0.5) is 5.69 Å². The molecule has 5 nitrogen and oxygen atoms in total. The van der Waals surface area contributed by atoms with Crippen LogP contribution in [-0.2, 0) is 0 Å². The maximum atomic E-state index is 12.8. The van der Waals surface area contributed by atoms with Crippen LogP contribution in [0.15, 0.2) is 75.6 Å². The second-order valence-corrected chi connectivity index (χ2v) is 7.41. The number of rotatable bonds is 6. The fourth-order valence-electron chi connectivity index (χ4n) is 2.87. The predicted molar refractivity (Wildman–Crippen MR) is 109 cm³/mol. The van der Waals surface area contributed by atoms with Gasteiger partial charge in [-0.3, -0.25) is 4.79 Å². The summed E-state index contributed by atoms with van der Waals surface area (Å²) in [6.07, 6.45) is 0. The largest absolute Gasteiger partial charge is 0.478 e. The first-order valence-electron chi connectivity index (χ1n) is 8.50. The van der Waals surface area contributed by atoms with E-state index < -0.39 is 11.8 Å². The van der Waals surface area contributed by atoms with E-state index in [1.807, 2.05) is 26.0 Å². The van der Waals surface area contributed by atoms with E-state index in [-0.39, 0.29) is 22.4 Å². The highest BCUT2D eigenvalue weighted by Gasteiger charge is 2.19. The zero-order valence-electron chi connectivity index (χ0n) is 15.3. The minimum Gasteiger partial charge on any atom is -0.478 e. The molecular formula is C22H17NO4S. The number of benzene rings is 3. The monoisotopic (exact) mass is 391 g/mol. The first-order chi connectivity index (χ1) is 13.4. The van der Waals surface area contributed by atoms with Crippen LogP contribution in [-0.4, -0.2) is 16.9 Å². The Hall–Kier alpha value is -3.25. The van der Waals surface area contributed by atoms with Gasteiger partial charge >= 0.3 is 5.97 Å². The summed E-state index contributed by atoms with van der Waals surface area (Å²) in [5.41, 5.74) is 2.58. The van der Waals surface area contributed by atoms with Crippen molar-refractivity contribution in [1.29, 1.82) is 0 Å². The molecule has 1 N–H and O–H groups in total. The lowest BCUT2D eigenvalue weighted by Gasteiger charge is -2.10. The molecule has 0 aromatic heterocycles. The first kappa shape index (κ1) is 19.5. The first-order valence-corrected chi connectivity index (χ1v) is 9.32. The van der Waals surface area contributed by atoms with Gasteiger partial charge < -0.3 is 5.11 Å². The molecule has 0 unspecified atom stereocenters. The standard InChI is InChI=1S/C22H17NO4S/c1-13-7-9-19(14(2)11-13)28-20-10-8-15(12-18(20)23-27)21(24)16-5-3-4-6-17(16)22(25)26/h3-12H,1-2H3,(H,25,26). The van der Waals surface area contributed by atoms with Gasteiger partial charge in [-0.25, -0.2) is 4.79 Å². The van der Waals surface area contributed by atoms with Gasteiger partial charge in [-0.15, -0.1) is 4.91 Å². The molecule has 0 saturated carbocycles. The van der Waals surface area contributed by atoms with E-state index in [0.717, 1.165) is 16.0 Å². The Bertz CT molecular complexity index is 1090. The Balaban J connectivity index is 1.96. The summed E-state index contributed by atoms with van der Waals surface area (Å²) in [6, 6.07) is 16.7. The Morgan fingerprint density at radius 1 is 0.893 bits per heavy atom. The third-order valence-electron chi connectivity index (χ3n) is 4.27. The smallest absolute Gasteiger partial charge is 0.336 e. The third-order valence-corrected chi connectivity index (χ3v) is 5.52. The average Bonchev–Trinajstić information content (AvgIpc) is 2.69. The van der Waals surface area contributed by atoms with Crippen LogP contribution in [0.2, 0.25) is 0 Å². The molecule has 0 aliphatic rings. The molecule has 0 bridgehead atoms. The van der Waals surface area contributed by atoms with Crippen LogP contribution in [0, 0.1) is 18.8 Å². The summed E-state index contributed by atoms with van der Waals surface area (Å²) >= 11 is 1.40. The summed E-state index contributed by atoms with van der Waals surface area (Å²) in [5.74, 6) is -1.65. The lowest BCUT2D eigenvalue weighted by atomic mass is 9.98. The van der Waals surface area contributed by atoms with Crippen molar-refractivity contribution >= 4 is 29.2 Å². The Morgan fingerprint density at radius 3 is 2.21 bits per heavy atom. The number of ketones is 1. The SMILES string of the molecule is Cc1ccc(Sc2ccc(C(=O)c3ccccc3C(=O)O)cc2N=O)c(C)c1. The highest BCUT2D eigenvalue weighted by molar-refractivity contribution is 7.99. The van der Waals surface area contributed by atoms with Gasteiger partial charge in [0.05, 0.1) is 5.56 Å². The number of carbonyl (C=O) groups is 2. The van der Waals surface area contributed by atoms with E-state index in [9.17, 15) is 19.6 Å². The van der Waals surface area contributed by atoms with Crippen molar-refractivity contribution in [1.82, 2.24) is 0 Å². The number of carbonyl (C=O) groups excluding carboxylic acids is 1. The Labute approximate surface area is 166 Å². The minimum absolute atomic E-state index is 0.0710. The van der Waals surface area contributed by atoms with E-state index in [1.165, 1.54) is 30.0 Å². The van der Waals surface area contributed by atoms with Gasteiger partial charge in [-0.05, 0) is 54.9 Å². The summed E-state index contributed by atoms with van der Waals surface area (Å²) in [7, 11) is 0. The molecule has 0 aliphatic heterocycles. The van der Waals surface area contributed by atoms with Gasteiger partial charge in [0.15, 0.2) is 5.78 Å². The van der Waals surface area contributed by atoms with Crippen LogP contribution >= 0.6 is 11.8 Å². The minimum atomic E-state index is -1.18. The molecule has 28 heavy (non-hydrogen) atoms. The van der Waals surface area contributed by atoms with Gasteiger partial charge in [0.25, 0.3) is 0 Å². The molecule has 0 spiro atoms. The molecule has 6 heteroatoms. The second kappa shape index (κ2) is 8.19. The fraction of sp³-hybridized carbons (Fsp3) is 0.0909. The summed E-state index contributed by atoms with van der Waals surface area (Å²) < 4.78 is 0. The highest BCUT2D eigenvalue weighted by atomic mass is 32.2.